The maximum absolute atomic E-state index is 13.6. The molecule has 0 fully saturated rings. The van der Waals surface area contributed by atoms with Crippen molar-refractivity contribution in [1.82, 2.24) is 10.2 Å². The van der Waals surface area contributed by atoms with Crippen LogP contribution < -0.4 is 10.1 Å². The van der Waals surface area contributed by atoms with E-state index in [0.717, 1.165) is 29.5 Å². The molecule has 7 heteroatoms. The van der Waals surface area contributed by atoms with Gasteiger partial charge in [0.15, 0.2) is 6.61 Å². The highest BCUT2D eigenvalue weighted by Gasteiger charge is 2.31. The van der Waals surface area contributed by atoms with Crippen molar-refractivity contribution in [2.24, 2.45) is 0 Å². The van der Waals surface area contributed by atoms with E-state index in [1.54, 1.807) is 23.1 Å². The Bertz CT molecular complexity index is 1150. The second-order valence-corrected chi connectivity index (χ2v) is 9.51. The predicted octanol–water partition coefficient (Wildman–Crippen LogP) is 6.24. The fraction of sp³-hybridized carbons (Fsp3) is 0.310. The Morgan fingerprint density at radius 3 is 2.42 bits per heavy atom. The molecule has 0 saturated carbocycles. The maximum atomic E-state index is 13.6. The molecule has 0 saturated heterocycles. The lowest BCUT2D eigenvalue weighted by Gasteiger charge is -2.32. The van der Waals surface area contributed by atoms with E-state index in [4.69, 9.17) is 27.9 Å². The molecular weight excluding hydrogens is 495 g/mol. The molecule has 0 unspecified atom stereocenters. The van der Waals surface area contributed by atoms with Crippen LogP contribution in [0.4, 0.5) is 0 Å². The van der Waals surface area contributed by atoms with Gasteiger partial charge in [-0.2, -0.15) is 0 Å². The van der Waals surface area contributed by atoms with Gasteiger partial charge in [0.1, 0.15) is 11.8 Å². The van der Waals surface area contributed by atoms with Gasteiger partial charge in [0.25, 0.3) is 5.91 Å². The lowest BCUT2D eigenvalue weighted by atomic mass is 10.0. The largest absolute Gasteiger partial charge is 0.482 e. The second-order valence-electron chi connectivity index (χ2n) is 8.66. The molecule has 2 amide bonds. The number of nitrogens with zero attached hydrogens (tertiary/aromatic N) is 1. The standard InChI is InChI=1S/C29H32Cl2N2O3/c1-3-4-16-32-29(35)26(17-22-11-6-5-7-12-22)33(19-23-13-9-8-10-21(23)2)28(34)20-36-27-15-14-24(30)18-25(27)31/h5-15,18,26H,3-4,16-17,19-20H2,1-2H3,(H,32,35)/t26-/m1/s1. The lowest BCUT2D eigenvalue weighted by molar-refractivity contribution is -0.142. The van der Waals surface area contributed by atoms with Crippen molar-refractivity contribution >= 4 is 35.0 Å². The molecule has 0 aliphatic carbocycles. The number of aryl methyl sites for hydroxylation is 1. The molecule has 0 aliphatic heterocycles. The van der Waals surface area contributed by atoms with Crippen molar-refractivity contribution < 1.29 is 14.3 Å². The van der Waals surface area contributed by atoms with E-state index >= 15 is 0 Å². The fourth-order valence-electron chi connectivity index (χ4n) is 3.85. The second kappa shape index (κ2) is 13.9. The van der Waals surface area contributed by atoms with E-state index < -0.39 is 6.04 Å². The molecule has 0 heterocycles. The Kier molecular flexibility index (Phi) is 10.6. The Balaban J connectivity index is 1.90. The Morgan fingerprint density at radius 2 is 1.72 bits per heavy atom. The zero-order valence-electron chi connectivity index (χ0n) is 20.7. The minimum absolute atomic E-state index is 0.182. The number of nitrogens with one attached hydrogen (secondary N) is 1. The van der Waals surface area contributed by atoms with Gasteiger partial charge in [-0.3, -0.25) is 9.59 Å². The molecule has 0 aromatic heterocycles. The highest BCUT2D eigenvalue weighted by molar-refractivity contribution is 6.35. The van der Waals surface area contributed by atoms with E-state index in [-0.39, 0.29) is 25.0 Å². The van der Waals surface area contributed by atoms with E-state index in [0.29, 0.717) is 28.8 Å². The number of hydrogen-bond acceptors (Lipinski definition) is 3. The fourth-order valence-corrected chi connectivity index (χ4v) is 4.31. The van der Waals surface area contributed by atoms with Crippen LogP contribution in [0, 0.1) is 6.92 Å². The third kappa shape index (κ3) is 8.00. The summed E-state index contributed by atoms with van der Waals surface area (Å²) in [5.74, 6) is -0.133. The Hall–Kier alpha value is -3.02. The average molecular weight is 527 g/mol. The first kappa shape index (κ1) is 27.6. The van der Waals surface area contributed by atoms with Gasteiger partial charge in [-0.25, -0.2) is 0 Å². The predicted molar refractivity (Wildman–Crippen MR) is 146 cm³/mol. The van der Waals surface area contributed by atoms with Crippen LogP contribution in [0.15, 0.2) is 72.8 Å². The smallest absolute Gasteiger partial charge is 0.261 e. The van der Waals surface area contributed by atoms with Crippen LogP contribution in [0.3, 0.4) is 0 Å². The minimum Gasteiger partial charge on any atom is -0.482 e. The van der Waals surface area contributed by atoms with Gasteiger partial charge in [-0.05, 0) is 48.2 Å². The van der Waals surface area contributed by atoms with Crippen molar-refractivity contribution in [1.29, 1.82) is 0 Å². The van der Waals surface area contributed by atoms with Crippen molar-refractivity contribution in [2.75, 3.05) is 13.2 Å². The number of benzene rings is 3. The van der Waals surface area contributed by atoms with E-state index in [2.05, 4.69) is 12.2 Å². The molecule has 5 nitrogen and oxygen atoms in total. The van der Waals surface area contributed by atoms with Crippen LogP contribution in [0.5, 0.6) is 5.75 Å². The number of rotatable bonds is 12. The molecule has 36 heavy (non-hydrogen) atoms. The quantitative estimate of drug-likeness (QED) is 0.284. The number of carbonyl (C=O) groups is 2. The summed E-state index contributed by atoms with van der Waals surface area (Å²) in [7, 11) is 0. The molecule has 3 aromatic rings. The normalized spacial score (nSPS) is 11.6. The van der Waals surface area contributed by atoms with Gasteiger partial charge in [0.05, 0.1) is 5.02 Å². The van der Waals surface area contributed by atoms with Gasteiger partial charge in [0.2, 0.25) is 5.91 Å². The van der Waals surface area contributed by atoms with Gasteiger partial charge in [-0.15, -0.1) is 0 Å². The molecule has 0 spiro atoms. The van der Waals surface area contributed by atoms with Crippen molar-refractivity contribution in [2.45, 2.75) is 45.7 Å². The molecular formula is C29H32Cl2N2O3. The van der Waals surface area contributed by atoms with E-state index in [1.165, 1.54) is 0 Å². The molecule has 0 aliphatic rings. The number of carbonyl (C=O) groups excluding carboxylic acids is 2. The highest BCUT2D eigenvalue weighted by atomic mass is 35.5. The highest BCUT2D eigenvalue weighted by Crippen LogP contribution is 2.27. The first-order valence-electron chi connectivity index (χ1n) is 12.1. The van der Waals surface area contributed by atoms with Crippen LogP contribution in [0.25, 0.3) is 0 Å². The number of halogens is 2. The summed E-state index contributed by atoms with van der Waals surface area (Å²) in [6, 6.07) is 21.7. The molecule has 1 N–H and O–H groups in total. The summed E-state index contributed by atoms with van der Waals surface area (Å²) in [6.45, 7) is 4.64. The van der Waals surface area contributed by atoms with Crippen LogP contribution in [0.2, 0.25) is 10.0 Å². The summed E-state index contributed by atoms with van der Waals surface area (Å²) in [5, 5.41) is 3.82. The molecule has 1 atom stereocenters. The summed E-state index contributed by atoms with van der Waals surface area (Å²) >= 11 is 12.2. The number of hydrogen-bond donors (Lipinski definition) is 1. The molecule has 0 bridgehead atoms. The van der Waals surface area contributed by atoms with Gasteiger partial charge < -0.3 is 15.0 Å². The van der Waals surface area contributed by atoms with Crippen LogP contribution in [-0.4, -0.2) is 35.9 Å². The van der Waals surface area contributed by atoms with Crippen molar-refractivity contribution in [3.8, 4) is 5.75 Å². The summed E-state index contributed by atoms with van der Waals surface area (Å²) in [4.78, 5) is 28.7. The number of amides is 2. The Labute approximate surface area is 223 Å². The van der Waals surface area contributed by atoms with Crippen LogP contribution in [0.1, 0.15) is 36.5 Å². The van der Waals surface area contributed by atoms with E-state index in [1.807, 2.05) is 61.5 Å². The third-order valence-electron chi connectivity index (χ3n) is 5.95. The minimum atomic E-state index is -0.708. The third-order valence-corrected chi connectivity index (χ3v) is 6.48. The monoisotopic (exact) mass is 526 g/mol. The molecule has 3 rings (SSSR count). The van der Waals surface area contributed by atoms with E-state index in [9.17, 15) is 9.59 Å². The van der Waals surface area contributed by atoms with Gasteiger partial charge in [-0.1, -0.05) is 91.1 Å². The van der Waals surface area contributed by atoms with Crippen molar-refractivity contribution in [3.63, 3.8) is 0 Å². The van der Waals surface area contributed by atoms with Gasteiger partial charge >= 0.3 is 0 Å². The first-order chi connectivity index (χ1) is 17.4. The summed E-state index contributed by atoms with van der Waals surface area (Å²) < 4.78 is 5.77. The maximum Gasteiger partial charge on any atom is 0.261 e. The SMILES string of the molecule is CCCCNC(=O)[C@@H](Cc1ccccc1)N(Cc1ccccc1C)C(=O)COc1ccc(Cl)cc1Cl. The average Bonchev–Trinajstić information content (AvgIpc) is 2.87. The number of ether oxygens (including phenoxy) is 1. The zero-order valence-corrected chi connectivity index (χ0v) is 22.2. The summed E-state index contributed by atoms with van der Waals surface area (Å²) in [6.07, 6.45) is 2.22. The van der Waals surface area contributed by atoms with Crippen LogP contribution in [-0.2, 0) is 22.6 Å². The van der Waals surface area contributed by atoms with Gasteiger partial charge in [0, 0.05) is 24.5 Å². The molecule has 190 valence electrons. The lowest BCUT2D eigenvalue weighted by Crippen LogP contribution is -2.52. The molecule has 0 radical (unpaired) electrons. The van der Waals surface area contributed by atoms with Crippen molar-refractivity contribution in [3.05, 3.63) is 99.5 Å². The first-order valence-corrected chi connectivity index (χ1v) is 12.9. The topological polar surface area (TPSA) is 58.6 Å². The van der Waals surface area contributed by atoms with Crippen LogP contribution >= 0.6 is 23.2 Å². The number of unbranched alkanes of at least 4 members (excludes halogenated alkanes) is 1. The summed E-state index contributed by atoms with van der Waals surface area (Å²) in [5.41, 5.74) is 2.98. The molecule has 3 aromatic carbocycles. The Morgan fingerprint density at radius 1 is 1.00 bits per heavy atom. The zero-order chi connectivity index (χ0) is 25.9.